The van der Waals surface area contributed by atoms with Crippen molar-refractivity contribution in [1.82, 2.24) is 0 Å². The van der Waals surface area contributed by atoms with Gasteiger partial charge in [0.15, 0.2) is 0 Å². The Morgan fingerprint density at radius 2 is 1.52 bits per heavy atom. The van der Waals surface area contributed by atoms with Gasteiger partial charge in [-0.1, -0.05) is 46.8 Å². The summed E-state index contributed by atoms with van der Waals surface area (Å²) in [4.78, 5) is 14.4. The number of carbonyl (C=O) groups excluding carboxylic acids is 1. The first kappa shape index (κ1) is 32.9. The maximum atomic E-state index is 14.4. The third-order valence-corrected chi connectivity index (χ3v) is 15.5. The predicted molar refractivity (Wildman–Crippen MR) is 165 cm³/mol. The Morgan fingerprint density at radius 1 is 0.818 bits per heavy atom. The monoisotopic (exact) mass is 618 g/mol. The lowest BCUT2D eigenvalue weighted by Crippen LogP contribution is -2.67. The van der Waals surface area contributed by atoms with Gasteiger partial charge in [-0.2, -0.15) is 0 Å². The van der Waals surface area contributed by atoms with E-state index in [-0.39, 0.29) is 39.6 Å². The predicted octanol–water partition coefficient (Wildman–Crippen LogP) is 4.35. The number of fused-ring (bicyclic) bond motifs is 7. The van der Waals surface area contributed by atoms with Gasteiger partial charge in [0.2, 0.25) is 6.29 Å². The highest BCUT2D eigenvalue weighted by Crippen LogP contribution is 2.77. The fraction of sp³-hybridized carbons (Fsp3) is 0.917. The Hall–Kier alpha value is -1.03. The van der Waals surface area contributed by atoms with E-state index in [0.29, 0.717) is 30.6 Å². The molecule has 0 aromatic carbocycles. The van der Waals surface area contributed by atoms with Crippen LogP contribution < -0.4 is 0 Å². The summed E-state index contributed by atoms with van der Waals surface area (Å²) in [5.41, 5.74) is 0.568. The van der Waals surface area contributed by atoms with Gasteiger partial charge in [-0.25, -0.2) is 0 Å². The highest BCUT2D eigenvalue weighted by atomic mass is 16.7. The minimum atomic E-state index is -1.61. The Balaban J connectivity index is 1.33. The molecule has 6 fully saturated rings. The number of aliphatic hydroxyl groups excluding tert-OH is 5. The van der Waals surface area contributed by atoms with Crippen LogP contribution in [0, 0.1) is 56.7 Å². The summed E-state index contributed by atoms with van der Waals surface area (Å²) >= 11 is 0. The van der Waals surface area contributed by atoms with E-state index in [9.17, 15) is 30.3 Å². The van der Waals surface area contributed by atoms with Crippen molar-refractivity contribution in [1.29, 1.82) is 0 Å². The summed E-state index contributed by atoms with van der Waals surface area (Å²) in [5, 5.41) is 52.0. The normalized spacial score (nSPS) is 54.8. The quantitative estimate of drug-likeness (QED) is 0.232. The van der Waals surface area contributed by atoms with Crippen LogP contribution in [0.2, 0.25) is 0 Å². The molecule has 1 heterocycles. The highest BCUT2D eigenvalue weighted by molar-refractivity contribution is 5.78. The first-order valence-corrected chi connectivity index (χ1v) is 17.3. The van der Waals surface area contributed by atoms with E-state index in [4.69, 9.17) is 9.47 Å². The Kier molecular flexibility index (Phi) is 8.03. The molecule has 15 atom stereocenters. The van der Waals surface area contributed by atoms with E-state index >= 15 is 0 Å². The lowest BCUT2D eigenvalue weighted by atomic mass is 9.32. The second-order valence-corrected chi connectivity index (χ2v) is 17.3. The van der Waals surface area contributed by atoms with Gasteiger partial charge in [0.25, 0.3) is 0 Å². The average molecular weight is 619 g/mol. The Morgan fingerprint density at radius 3 is 2.18 bits per heavy atom. The zero-order valence-corrected chi connectivity index (χ0v) is 27.8. The number of ether oxygens (including phenoxy) is 2. The molecule has 44 heavy (non-hydrogen) atoms. The summed E-state index contributed by atoms with van der Waals surface area (Å²) in [6, 6.07) is 0. The zero-order chi connectivity index (χ0) is 32.2. The lowest BCUT2D eigenvalue weighted by molar-refractivity contribution is -0.299. The van der Waals surface area contributed by atoms with E-state index in [2.05, 4.69) is 48.1 Å². The molecule has 0 spiro atoms. The van der Waals surface area contributed by atoms with Crippen molar-refractivity contribution in [2.75, 3.05) is 6.61 Å². The van der Waals surface area contributed by atoms with Crippen molar-refractivity contribution in [3.05, 3.63) is 12.2 Å². The minimum Gasteiger partial charge on any atom is -0.432 e. The fourth-order valence-electron chi connectivity index (χ4n) is 12.9. The number of aliphatic hydroxyl groups is 5. The summed E-state index contributed by atoms with van der Waals surface area (Å²) in [6.45, 7) is 18.1. The minimum absolute atomic E-state index is 0.0275. The smallest absolute Gasteiger partial charge is 0.314 e. The van der Waals surface area contributed by atoms with E-state index in [1.165, 1.54) is 0 Å². The van der Waals surface area contributed by atoms with E-state index in [1.54, 1.807) is 0 Å². The largest absolute Gasteiger partial charge is 0.432 e. The Labute approximate surface area is 263 Å². The standard InChI is InChI=1S/C36H58O8/c1-19(2)20-10-15-36(31(42)44-30-29(41)28(40)27(39)22(18-37)43-30)17-16-34(6)21(26(20)36)8-9-24-33(5)13-12-25(38)32(3,4)23(33)11-14-35(24,34)7/h20-30,37-41H,1,8-18H2,2-7H3/t20-,21+,22+,23-,24+,25-,26+,27+,28-,29+,30?,33-,34+,35+,36-/m0/s1. The summed E-state index contributed by atoms with van der Waals surface area (Å²) in [7, 11) is 0. The maximum absolute atomic E-state index is 14.4. The molecule has 5 aliphatic carbocycles. The number of allylic oxidation sites excluding steroid dienone is 1. The van der Waals surface area contributed by atoms with Crippen LogP contribution in [-0.4, -0.2) is 74.9 Å². The van der Waals surface area contributed by atoms with E-state index < -0.39 is 48.7 Å². The molecule has 250 valence electrons. The van der Waals surface area contributed by atoms with Crippen molar-refractivity contribution >= 4 is 5.97 Å². The van der Waals surface area contributed by atoms with Crippen LogP contribution in [0.3, 0.4) is 0 Å². The molecule has 0 aromatic heterocycles. The molecule has 6 rings (SSSR count). The molecular formula is C36H58O8. The molecule has 1 saturated heterocycles. The van der Waals surface area contributed by atoms with Crippen LogP contribution in [0.25, 0.3) is 0 Å². The zero-order valence-electron chi connectivity index (χ0n) is 27.8. The molecule has 8 nitrogen and oxygen atoms in total. The number of rotatable bonds is 4. The fourth-order valence-corrected chi connectivity index (χ4v) is 12.9. The van der Waals surface area contributed by atoms with E-state index in [1.807, 2.05) is 0 Å². The maximum Gasteiger partial charge on any atom is 0.314 e. The van der Waals surface area contributed by atoms with Crippen LogP contribution in [0.1, 0.15) is 106 Å². The van der Waals surface area contributed by atoms with Gasteiger partial charge in [0.05, 0.1) is 18.1 Å². The molecule has 1 unspecified atom stereocenters. The summed E-state index contributed by atoms with van der Waals surface area (Å²) in [6.07, 6.45) is 1.96. The third-order valence-electron chi connectivity index (χ3n) is 15.5. The molecule has 0 aromatic rings. The van der Waals surface area contributed by atoms with Crippen molar-refractivity contribution in [3.63, 3.8) is 0 Å². The highest BCUT2D eigenvalue weighted by Gasteiger charge is 2.72. The summed E-state index contributed by atoms with van der Waals surface area (Å²) < 4.78 is 11.6. The van der Waals surface area contributed by atoms with Gasteiger partial charge in [-0.15, -0.1) is 0 Å². The van der Waals surface area contributed by atoms with Crippen molar-refractivity contribution < 1.29 is 39.8 Å². The second kappa shape index (κ2) is 10.7. The molecular weight excluding hydrogens is 560 g/mol. The third kappa shape index (κ3) is 4.26. The lowest BCUT2D eigenvalue weighted by Gasteiger charge is -2.72. The van der Waals surface area contributed by atoms with Crippen LogP contribution in [0.15, 0.2) is 12.2 Å². The molecule has 5 saturated carbocycles. The number of hydrogen-bond donors (Lipinski definition) is 5. The van der Waals surface area contributed by atoms with Crippen LogP contribution >= 0.6 is 0 Å². The SMILES string of the molecule is C=C(C)[C@@H]1CC[C@]2(C(=O)OC3O[C@H](CO)[C@@H](O)[C@H](O)[C@H]3O)CC[C@]3(C)[C@H](CC[C@@H]4[C@@]5(C)CC[C@H](O)C(C)(C)[C@@H]5CC[C@]43C)[C@@H]12. The van der Waals surface area contributed by atoms with Crippen LogP contribution in [-0.2, 0) is 14.3 Å². The van der Waals surface area contributed by atoms with Gasteiger partial charge in [0.1, 0.15) is 24.4 Å². The van der Waals surface area contributed by atoms with Crippen LogP contribution in [0.4, 0.5) is 0 Å². The molecule has 5 N–H and O–H groups in total. The van der Waals surface area contributed by atoms with Gasteiger partial charge >= 0.3 is 5.97 Å². The average Bonchev–Trinajstić information content (AvgIpc) is 3.37. The van der Waals surface area contributed by atoms with Crippen molar-refractivity contribution in [2.24, 2.45) is 56.7 Å². The van der Waals surface area contributed by atoms with Crippen molar-refractivity contribution in [3.8, 4) is 0 Å². The number of hydrogen-bond acceptors (Lipinski definition) is 8. The first-order valence-electron chi connectivity index (χ1n) is 17.3. The van der Waals surface area contributed by atoms with Crippen LogP contribution in [0.5, 0.6) is 0 Å². The van der Waals surface area contributed by atoms with Gasteiger partial charge < -0.3 is 35.0 Å². The topological polar surface area (TPSA) is 137 Å². The molecule has 8 heteroatoms. The second-order valence-electron chi connectivity index (χ2n) is 17.3. The van der Waals surface area contributed by atoms with Gasteiger partial charge in [-0.05, 0) is 122 Å². The van der Waals surface area contributed by atoms with E-state index in [0.717, 1.165) is 56.9 Å². The Bertz CT molecular complexity index is 1150. The van der Waals surface area contributed by atoms with Gasteiger partial charge in [-0.3, -0.25) is 4.79 Å². The van der Waals surface area contributed by atoms with Gasteiger partial charge in [0, 0.05) is 0 Å². The molecule has 0 amide bonds. The molecule has 1 aliphatic heterocycles. The number of carbonyl (C=O) groups is 1. The first-order chi connectivity index (χ1) is 20.5. The summed E-state index contributed by atoms with van der Waals surface area (Å²) in [5.74, 6) is 1.21. The molecule has 0 bridgehead atoms. The molecule has 0 radical (unpaired) electrons. The molecule has 6 aliphatic rings. The number of esters is 1. The van der Waals surface area contributed by atoms with Crippen molar-refractivity contribution in [2.45, 2.75) is 143 Å².